The summed E-state index contributed by atoms with van der Waals surface area (Å²) in [5.41, 5.74) is 0.0826. The fourth-order valence-electron chi connectivity index (χ4n) is 1.78. The van der Waals surface area contributed by atoms with Crippen molar-refractivity contribution in [3.05, 3.63) is 34.1 Å². The Morgan fingerprint density at radius 3 is 2.68 bits per heavy atom. The number of carbonyl (C=O) groups excluding carboxylic acids is 1. The lowest BCUT2D eigenvalue weighted by Crippen LogP contribution is -2.37. The molecule has 1 aromatic carbocycles. The van der Waals surface area contributed by atoms with Crippen molar-refractivity contribution in [3.8, 4) is 0 Å². The Kier molecular flexibility index (Phi) is 6.45. The van der Waals surface area contributed by atoms with Crippen LogP contribution in [0.1, 0.15) is 24.2 Å². The van der Waals surface area contributed by atoms with E-state index in [2.05, 4.69) is 15.9 Å². The van der Waals surface area contributed by atoms with Gasteiger partial charge < -0.3 is 9.64 Å². The lowest BCUT2D eigenvalue weighted by Gasteiger charge is -2.25. The quantitative estimate of drug-likeness (QED) is 0.800. The second-order valence-corrected chi connectivity index (χ2v) is 5.59. The van der Waals surface area contributed by atoms with Gasteiger partial charge in [-0.15, -0.1) is 0 Å². The molecule has 0 aliphatic carbocycles. The van der Waals surface area contributed by atoms with E-state index >= 15 is 0 Å². The van der Waals surface area contributed by atoms with Gasteiger partial charge in [0.25, 0.3) is 5.91 Å². The van der Waals surface area contributed by atoms with E-state index in [1.165, 1.54) is 6.07 Å². The molecule has 0 N–H and O–H groups in total. The van der Waals surface area contributed by atoms with Gasteiger partial charge in [0.05, 0.1) is 12.2 Å². The average Bonchev–Trinajstić information content (AvgIpc) is 2.33. The van der Waals surface area contributed by atoms with Crippen LogP contribution in [0.25, 0.3) is 0 Å². The first-order chi connectivity index (χ1) is 8.97. The van der Waals surface area contributed by atoms with Crippen LogP contribution in [0.15, 0.2) is 22.7 Å². The number of carbonyl (C=O) groups is 1. The zero-order valence-corrected chi connectivity index (χ0v) is 13.0. The maximum Gasteiger partial charge on any atom is 0.258 e. The van der Waals surface area contributed by atoms with E-state index in [1.807, 2.05) is 13.8 Å². The van der Waals surface area contributed by atoms with Crippen molar-refractivity contribution in [2.24, 2.45) is 5.92 Å². The van der Waals surface area contributed by atoms with Crippen molar-refractivity contribution in [1.29, 1.82) is 0 Å². The molecule has 0 atom stereocenters. The molecule has 0 aliphatic heterocycles. The molecule has 1 amide bonds. The fraction of sp³-hybridized carbons (Fsp3) is 0.500. The molecule has 106 valence electrons. The SMILES string of the molecule is COCCN(CC(C)C)C(=O)c1c(F)cccc1Br. The number of rotatable bonds is 6. The van der Waals surface area contributed by atoms with Crippen LogP contribution >= 0.6 is 15.9 Å². The van der Waals surface area contributed by atoms with E-state index in [1.54, 1.807) is 24.1 Å². The minimum Gasteiger partial charge on any atom is -0.383 e. The highest BCUT2D eigenvalue weighted by Crippen LogP contribution is 2.21. The van der Waals surface area contributed by atoms with E-state index in [-0.39, 0.29) is 11.5 Å². The number of ether oxygens (including phenoxy) is 1. The molecule has 1 aromatic rings. The first-order valence-electron chi connectivity index (χ1n) is 6.19. The van der Waals surface area contributed by atoms with Gasteiger partial charge in [-0.1, -0.05) is 19.9 Å². The third kappa shape index (κ3) is 4.58. The monoisotopic (exact) mass is 331 g/mol. The van der Waals surface area contributed by atoms with Crippen LogP contribution in [-0.2, 0) is 4.74 Å². The Balaban J connectivity index is 2.97. The molecule has 3 nitrogen and oxygen atoms in total. The molecule has 0 radical (unpaired) electrons. The van der Waals surface area contributed by atoms with Gasteiger partial charge in [0.2, 0.25) is 0 Å². The summed E-state index contributed by atoms with van der Waals surface area (Å²) in [5, 5.41) is 0. The van der Waals surface area contributed by atoms with Crippen LogP contribution in [0, 0.1) is 11.7 Å². The Morgan fingerprint density at radius 1 is 1.47 bits per heavy atom. The molecule has 0 heterocycles. The van der Waals surface area contributed by atoms with Gasteiger partial charge in [-0.3, -0.25) is 4.79 Å². The number of halogens is 2. The van der Waals surface area contributed by atoms with E-state index in [0.717, 1.165) is 0 Å². The normalized spacial score (nSPS) is 10.8. The molecule has 0 spiro atoms. The molecule has 19 heavy (non-hydrogen) atoms. The van der Waals surface area contributed by atoms with Crippen LogP contribution < -0.4 is 0 Å². The number of hydrogen-bond donors (Lipinski definition) is 0. The van der Waals surface area contributed by atoms with Gasteiger partial charge in [-0.2, -0.15) is 0 Å². The molecular formula is C14H19BrFNO2. The predicted octanol–water partition coefficient (Wildman–Crippen LogP) is 3.33. The van der Waals surface area contributed by atoms with E-state index in [4.69, 9.17) is 4.74 Å². The zero-order chi connectivity index (χ0) is 14.4. The highest BCUT2D eigenvalue weighted by molar-refractivity contribution is 9.10. The van der Waals surface area contributed by atoms with Crippen LogP contribution in [0.5, 0.6) is 0 Å². The second kappa shape index (κ2) is 7.60. The molecular weight excluding hydrogens is 313 g/mol. The third-order valence-electron chi connectivity index (χ3n) is 2.61. The first-order valence-corrected chi connectivity index (χ1v) is 6.99. The van der Waals surface area contributed by atoms with Crippen LogP contribution in [0.3, 0.4) is 0 Å². The predicted molar refractivity (Wildman–Crippen MR) is 76.7 cm³/mol. The number of methoxy groups -OCH3 is 1. The van der Waals surface area contributed by atoms with Crippen molar-refractivity contribution < 1.29 is 13.9 Å². The Morgan fingerprint density at radius 2 is 2.16 bits per heavy atom. The number of nitrogens with zero attached hydrogens (tertiary/aromatic N) is 1. The number of benzene rings is 1. The Hall–Kier alpha value is -0.940. The summed E-state index contributed by atoms with van der Waals surface area (Å²) in [5.74, 6) is -0.507. The summed E-state index contributed by atoms with van der Waals surface area (Å²) < 4.78 is 19.3. The van der Waals surface area contributed by atoms with Crippen molar-refractivity contribution in [3.63, 3.8) is 0 Å². The first kappa shape index (κ1) is 16.1. The summed E-state index contributed by atoms with van der Waals surface area (Å²) in [6, 6.07) is 4.53. The molecule has 0 saturated heterocycles. The maximum atomic E-state index is 13.8. The molecule has 0 aromatic heterocycles. The van der Waals surface area contributed by atoms with E-state index < -0.39 is 5.82 Å². The number of hydrogen-bond acceptors (Lipinski definition) is 2. The zero-order valence-electron chi connectivity index (χ0n) is 11.5. The van der Waals surface area contributed by atoms with Gasteiger partial charge in [-0.25, -0.2) is 4.39 Å². The van der Waals surface area contributed by atoms with Crippen molar-refractivity contribution in [2.45, 2.75) is 13.8 Å². The summed E-state index contributed by atoms with van der Waals surface area (Å²) in [6.45, 7) is 5.49. The van der Waals surface area contributed by atoms with Gasteiger partial charge in [0, 0.05) is 24.7 Å². The fourth-order valence-corrected chi connectivity index (χ4v) is 2.29. The smallest absolute Gasteiger partial charge is 0.258 e. The topological polar surface area (TPSA) is 29.5 Å². The Labute approximate surface area is 121 Å². The summed E-state index contributed by atoms with van der Waals surface area (Å²) >= 11 is 3.23. The van der Waals surface area contributed by atoms with Gasteiger partial charge in [0.1, 0.15) is 5.82 Å². The van der Waals surface area contributed by atoms with E-state index in [9.17, 15) is 9.18 Å². The summed E-state index contributed by atoms with van der Waals surface area (Å²) in [4.78, 5) is 14.1. The van der Waals surface area contributed by atoms with Gasteiger partial charge in [-0.05, 0) is 34.0 Å². The molecule has 0 fully saturated rings. The van der Waals surface area contributed by atoms with Crippen molar-refractivity contribution in [1.82, 2.24) is 4.90 Å². The van der Waals surface area contributed by atoms with Crippen molar-refractivity contribution >= 4 is 21.8 Å². The third-order valence-corrected chi connectivity index (χ3v) is 3.28. The van der Waals surface area contributed by atoms with Gasteiger partial charge >= 0.3 is 0 Å². The van der Waals surface area contributed by atoms with Crippen LogP contribution in [-0.4, -0.2) is 37.6 Å². The minimum atomic E-state index is -0.509. The standard InChI is InChI=1S/C14H19BrFNO2/c1-10(2)9-17(7-8-19-3)14(18)13-11(15)5-4-6-12(13)16/h4-6,10H,7-9H2,1-3H3. The largest absolute Gasteiger partial charge is 0.383 e. The highest BCUT2D eigenvalue weighted by atomic mass is 79.9. The molecule has 0 saturated carbocycles. The van der Waals surface area contributed by atoms with Crippen LogP contribution in [0.4, 0.5) is 4.39 Å². The van der Waals surface area contributed by atoms with Crippen LogP contribution in [0.2, 0.25) is 0 Å². The lowest BCUT2D eigenvalue weighted by molar-refractivity contribution is 0.0666. The number of amides is 1. The average molecular weight is 332 g/mol. The molecule has 5 heteroatoms. The molecule has 1 rings (SSSR count). The second-order valence-electron chi connectivity index (χ2n) is 4.73. The summed E-state index contributed by atoms with van der Waals surface area (Å²) in [6.07, 6.45) is 0. The maximum absolute atomic E-state index is 13.8. The molecule has 0 unspecified atom stereocenters. The molecule has 0 bridgehead atoms. The highest BCUT2D eigenvalue weighted by Gasteiger charge is 2.22. The van der Waals surface area contributed by atoms with Crippen molar-refractivity contribution in [2.75, 3.05) is 26.8 Å². The summed E-state index contributed by atoms with van der Waals surface area (Å²) in [7, 11) is 1.58. The molecule has 0 aliphatic rings. The van der Waals surface area contributed by atoms with E-state index in [0.29, 0.717) is 30.1 Å². The minimum absolute atomic E-state index is 0.0826. The lowest BCUT2D eigenvalue weighted by atomic mass is 10.1. The van der Waals surface area contributed by atoms with Gasteiger partial charge in [0.15, 0.2) is 0 Å². The Bertz CT molecular complexity index is 417.